The van der Waals surface area contributed by atoms with Crippen molar-refractivity contribution in [3.8, 4) is 5.75 Å². The number of amides is 3. The molecule has 1 saturated heterocycles. The predicted octanol–water partition coefficient (Wildman–Crippen LogP) is 4.31. The van der Waals surface area contributed by atoms with Crippen molar-refractivity contribution >= 4 is 34.6 Å². The average molecular weight is 441 g/mol. The largest absolute Gasteiger partial charge is 0.497 e. The molecule has 0 spiro atoms. The van der Waals surface area contributed by atoms with E-state index in [0.29, 0.717) is 28.7 Å². The highest BCUT2D eigenvalue weighted by Gasteiger charge is 2.33. The predicted molar refractivity (Wildman–Crippen MR) is 115 cm³/mol. The lowest BCUT2D eigenvalue weighted by atomic mass is 10.2. The monoisotopic (exact) mass is 441 g/mol. The maximum Gasteiger partial charge on any atom is 0.322 e. The molecule has 2 N–H and O–H groups in total. The number of hydrogen-bond acceptors (Lipinski definition) is 6. The molecular formula is C21H20FN5O3S. The Bertz CT molecular complexity index is 1070. The Morgan fingerprint density at radius 2 is 1.74 bits per heavy atom. The van der Waals surface area contributed by atoms with Gasteiger partial charge in [0.2, 0.25) is 5.01 Å². The first-order valence-corrected chi connectivity index (χ1v) is 10.5. The van der Waals surface area contributed by atoms with E-state index in [1.807, 2.05) is 0 Å². The summed E-state index contributed by atoms with van der Waals surface area (Å²) < 4.78 is 18.1. The second-order valence-corrected chi connectivity index (χ2v) is 7.93. The van der Waals surface area contributed by atoms with Crippen molar-refractivity contribution in [3.63, 3.8) is 0 Å². The Morgan fingerprint density at radius 1 is 1.06 bits per heavy atom. The van der Waals surface area contributed by atoms with Crippen LogP contribution in [0.15, 0.2) is 48.5 Å². The molecule has 0 saturated carbocycles. The van der Waals surface area contributed by atoms with E-state index in [-0.39, 0.29) is 22.9 Å². The minimum atomic E-state index is -0.428. The smallest absolute Gasteiger partial charge is 0.322 e. The summed E-state index contributed by atoms with van der Waals surface area (Å²) in [6.45, 7) is 0.587. The van der Waals surface area contributed by atoms with E-state index in [0.717, 1.165) is 24.2 Å². The lowest BCUT2D eigenvalue weighted by Gasteiger charge is -2.23. The Morgan fingerprint density at radius 3 is 2.45 bits per heavy atom. The van der Waals surface area contributed by atoms with Gasteiger partial charge in [0, 0.05) is 17.9 Å². The molecule has 160 valence electrons. The summed E-state index contributed by atoms with van der Waals surface area (Å²) in [7, 11) is 1.58. The van der Waals surface area contributed by atoms with Gasteiger partial charge in [0.15, 0.2) is 0 Å². The van der Waals surface area contributed by atoms with Gasteiger partial charge in [0.1, 0.15) is 16.6 Å². The fourth-order valence-electron chi connectivity index (χ4n) is 3.31. The molecular weight excluding hydrogens is 421 g/mol. The van der Waals surface area contributed by atoms with Crippen LogP contribution in [-0.4, -0.2) is 40.7 Å². The Hall–Kier alpha value is -3.53. The number of aromatic nitrogens is 2. The molecule has 8 nitrogen and oxygen atoms in total. The molecule has 1 aliphatic rings. The third-order valence-electron chi connectivity index (χ3n) is 4.88. The van der Waals surface area contributed by atoms with Gasteiger partial charge in [-0.2, -0.15) is 0 Å². The maximum atomic E-state index is 13.0. The molecule has 0 unspecified atom stereocenters. The summed E-state index contributed by atoms with van der Waals surface area (Å²) in [5.74, 6) is -0.106. The number of nitrogens with zero attached hydrogens (tertiary/aromatic N) is 3. The van der Waals surface area contributed by atoms with Gasteiger partial charge in [-0.1, -0.05) is 11.3 Å². The van der Waals surface area contributed by atoms with Crippen LogP contribution in [0, 0.1) is 5.82 Å². The van der Waals surface area contributed by atoms with Crippen LogP contribution in [0.5, 0.6) is 5.75 Å². The number of benzene rings is 2. The SMILES string of the molecule is COc1ccc(NC(=O)N2CCC[C@H]2c2nnc(C(=O)Nc3ccc(F)cc3)s2)cc1. The zero-order valence-electron chi connectivity index (χ0n) is 16.7. The van der Waals surface area contributed by atoms with E-state index in [2.05, 4.69) is 20.8 Å². The highest BCUT2D eigenvalue weighted by molar-refractivity contribution is 7.13. The number of nitrogens with one attached hydrogen (secondary N) is 2. The fourth-order valence-corrected chi connectivity index (χ4v) is 4.20. The van der Waals surface area contributed by atoms with E-state index in [1.54, 1.807) is 36.3 Å². The molecule has 1 fully saturated rings. The molecule has 3 amide bonds. The zero-order valence-corrected chi connectivity index (χ0v) is 17.5. The Labute approximate surface area is 182 Å². The molecule has 0 bridgehead atoms. The van der Waals surface area contributed by atoms with Crippen molar-refractivity contribution in [1.29, 1.82) is 0 Å². The minimum Gasteiger partial charge on any atom is -0.497 e. The van der Waals surface area contributed by atoms with Crippen LogP contribution in [0.25, 0.3) is 0 Å². The molecule has 10 heteroatoms. The van der Waals surface area contributed by atoms with E-state index >= 15 is 0 Å². The molecule has 1 aromatic heterocycles. The molecule has 2 aromatic carbocycles. The number of hydrogen-bond donors (Lipinski definition) is 2. The van der Waals surface area contributed by atoms with E-state index in [4.69, 9.17) is 4.74 Å². The van der Waals surface area contributed by atoms with Crippen LogP contribution in [-0.2, 0) is 0 Å². The minimum absolute atomic E-state index is 0.182. The van der Waals surface area contributed by atoms with E-state index in [9.17, 15) is 14.0 Å². The molecule has 0 aliphatic carbocycles. The second kappa shape index (κ2) is 9.09. The van der Waals surface area contributed by atoms with E-state index < -0.39 is 5.91 Å². The summed E-state index contributed by atoms with van der Waals surface area (Å²) in [6.07, 6.45) is 1.57. The van der Waals surface area contributed by atoms with Crippen molar-refractivity contribution in [1.82, 2.24) is 15.1 Å². The molecule has 3 aromatic rings. The van der Waals surface area contributed by atoms with Gasteiger partial charge in [0.25, 0.3) is 5.91 Å². The highest BCUT2D eigenvalue weighted by atomic mass is 32.1. The lowest BCUT2D eigenvalue weighted by molar-refractivity contribution is 0.102. The molecule has 31 heavy (non-hydrogen) atoms. The summed E-state index contributed by atoms with van der Waals surface area (Å²) in [6, 6.07) is 12.1. The number of methoxy groups -OCH3 is 1. The Balaban J connectivity index is 1.42. The first-order valence-electron chi connectivity index (χ1n) is 9.65. The van der Waals surface area contributed by atoms with Crippen molar-refractivity contribution in [2.45, 2.75) is 18.9 Å². The summed E-state index contributed by atoms with van der Waals surface area (Å²) in [4.78, 5) is 26.9. The third kappa shape index (κ3) is 4.80. The normalized spacial score (nSPS) is 15.5. The number of carbonyl (C=O) groups is 2. The van der Waals surface area contributed by atoms with Crippen LogP contribution in [0.2, 0.25) is 0 Å². The van der Waals surface area contributed by atoms with Gasteiger partial charge in [-0.05, 0) is 61.4 Å². The van der Waals surface area contributed by atoms with Crippen molar-refractivity contribution in [3.05, 3.63) is 64.4 Å². The first-order chi connectivity index (χ1) is 15.0. The molecule has 4 rings (SSSR count). The first kappa shape index (κ1) is 20.7. The van der Waals surface area contributed by atoms with E-state index in [1.165, 1.54) is 24.3 Å². The standard InChI is InChI=1S/C21H20FN5O3S/c1-30-16-10-8-15(9-11-16)24-21(29)27-12-2-3-17(27)19-25-26-20(31-19)18(28)23-14-6-4-13(22)5-7-14/h4-11,17H,2-3,12H2,1H3,(H,23,28)(H,24,29)/t17-/m0/s1. The van der Waals surface area contributed by atoms with Crippen LogP contribution >= 0.6 is 11.3 Å². The summed E-state index contributed by atoms with van der Waals surface area (Å²) in [5, 5.41) is 14.5. The highest BCUT2D eigenvalue weighted by Crippen LogP contribution is 2.34. The van der Waals surface area contributed by atoms with Gasteiger partial charge < -0.3 is 20.3 Å². The molecule has 1 atom stereocenters. The Kier molecular flexibility index (Phi) is 6.08. The van der Waals surface area contributed by atoms with Gasteiger partial charge in [-0.25, -0.2) is 9.18 Å². The number of halogens is 1. The lowest BCUT2D eigenvalue weighted by Crippen LogP contribution is -2.34. The summed E-state index contributed by atoms with van der Waals surface area (Å²) >= 11 is 1.15. The summed E-state index contributed by atoms with van der Waals surface area (Å²) in [5.41, 5.74) is 1.12. The van der Waals surface area contributed by atoms with Gasteiger partial charge in [-0.3, -0.25) is 4.79 Å². The van der Waals surface area contributed by atoms with Gasteiger partial charge in [0.05, 0.1) is 13.2 Å². The number of likely N-dealkylation sites (tertiary alicyclic amines) is 1. The third-order valence-corrected chi connectivity index (χ3v) is 5.90. The van der Waals surface area contributed by atoms with Gasteiger partial charge in [-0.15, -0.1) is 10.2 Å². The van der Waals surface area contributed by atoms with Crippen LogP contribution in [0.3, 0.4) is 0 Å². The van der Waals surface area contributed by atoms with Crippen molar-refractivity contribution in [2.24, 2.45) is 0 Å². The van der Waals surface area contributed by atoms with Crippen molar-refractivity contribution in [2.75, 3.05) is 24.3 Å². The number of anilines is 2. The topological polar surface area (TPSA) is 96.4 Å². The van der Waals surface area contributed by atoms with Gasteiger partial charge >= 0.3 is 6.03 Å². The quantitative estimate of drug-likeness (QED) is 0.615. The zero-order chi connectivity index (χ0) is 21.8. The average Bonchev–Trinajstić information content (AvgIpc) is 3.45. The molecule has 0 radical (unpaired) electrons. The number of ether oxygens (including phenoxy) is 1. The maximum absolute atomic E-state index is 13.0. The van der Waals surface area contributed by atoms with Crippen LogP contribution in [0.1, 0.15) is 33.7 Å². The number of carbonyl (C=O) groups excluding carboxylic acids is 2. The molecule has 1 aliphatic heterocycles. The van der Waals surface area contributed by atoms with Crippen molar-refractivity contribution < 1.29 is 18.7 Å². The van der Waals surface area contributed by atoms with Crippen LogP contribution in [0.4, 0.5) is 20.6 Å². The second-order valence-electron chi connectivity index (χ2n) is 6.92. The van der Waals surface area contributed by atoms with Crippen LogP contribution < -0.4 is 15.4 Å². The fraction of sp³-hybridized carbons (Fsp3) is 0.238. The number of rotatable bonds is 5. The number of urea groups is 1. The molecule has 2 heterocycles.